The largest absolute Gasteiger partial charge is 0.368 e. The molecule has 0 amide bonds. The Bertz CT molecular complexity index is 920. The van der Waals surface area contributed by atoms with Crippen molar-refractivity contribution in [1.29, 1.82) is 0 Å². The second kappa shape index (κ2) is 6.19. The molecule has 8 heteroatoms. The lowest BCUT2D eigenvalue weighted by atomic mass is 9.96. The van der Waals surface area contributed by atoms with Crippen molar-refractivity contribution >= 4 is 17.3 Å². The lowest BCUT2D eigenvalue weighted by Crippen LogP contribution is -2.50. The second-order valence-electron chi connectivity index (χ2n) is 7.88. The van der Waals surface area contributed by atoms with Crippen molar-refractivity contribution in [1.82, 2.24) is 29.8 Å². The molecular weight excluding hydrogens is 328 g/mol. The van der Waals surface area contributed by atoms with Crippen LogP contribution in [0, 0.1) is 12.8 Å². The summed E-state index contributed by atoms with van der Waals surface area (Å²) >= 11 is 0. The highest BCUT2D eigenvalue weighted by Crippen LogP contribution is 2.25. The summed E-state index contributed by atoms with van der Waals surface area (Å²) in [6.07, 6.45) is 3.43. The van der Waals surface area contributed by atoms with Crippen molar-refractivity contribution in [3.63, 3.8) is 0 Å². The van der Waals surface area contributed by atoms with E-state index in [1.807, 2.05) is 23.6 Å². The van der Waals surface area contributed by atoms with Crippen molar-refractivity contribution in [3.05, 3.63) is 36.0 Å². The minimum absolute atomic E-state index is 0.0962. The van der Waals surface area contributed by atoms with E-state index in [0.29, 0.717) is 5.92 Å². The van der Waals surface area contributed by atoms with Crippen LogP contribution in [0.4, 0.5) is 11.6 Å². The average Bonchev–Trinajstić information content (AvgIpc) is 2.98. The first-order valence-electron chi connectivity index (χ1n) is 8.91. The number of aryl methyl sites for hydroxylation is 1. The van der Waals surface area contributed by atoms with Gasteiger partial charge in [-0.3, -0.25) is 4.98 Å². The maximum Gasteiger partial charge on any atom is 0.178 e. The van der Waals surface area contributed by atoms with Crippen LogP contribution in [0.15, 0.2) is 24.5 Å². The molecule has 0 aliphatic carbocycles. The molecule has 3 aromatic heterocycles. The van der Waals surface area contributed by atoms with Crippen LogP contribution in [-0.4, -0.2) is 49.4 Å². The number of nitrogens with zero attached hydrogens (tertiary/aromatic N) is 7. The van der Waals surface area contributed by atoms with Gasteiger partial charge in [0.1, 0.15) is 11.6 Å². The number of hydrogen-bond acceptors (Lipinski definition) is 7. The number of nitrogens with one attached hydrogen (secondary N) is 1. The SMILES string of the molecule is Cc1nccnc1NCC1CN(c2ccc3nnc(C(C)(C)C)n3n2)C1. The van der Waals surface area contributed by atoms with Gasteiger partial charge in [0.25, 0.3) is 0 Å². The van der Waals surface area contributed by atoms with Crippen LogP contribution in [0.1, 0.15) is 32.3 Å². The van der Waals surface area contributed by atoms with E-state index in [-0.39, 0.29) is 5.41 Å². The molecule has 0 bridgehead atoms. The fourth-order valence-corrected chi connectivity index (χ4v) is 3.12. The number of hydrogen-bond donors (Lipinski definition) is 1. The standard InChI is InChI=1S/C18H24N8/c1-12-16(20-8-7-19-12)21-9-13-10-25(11-13)15-6-5-14-22-23-17(18(2,3)4)26(14)24-15/h5-8,13H,9-11H2,1-4H3,(H,20,21). The molecule has 8 nitrogen and oxygen atoms in total. The van der Waals surface area contributed by atoms with Gasteiger partial charge in [-0.15, -0.1) is 15.3 Å². The molecule has 0 aromatic carbocycles. The molecule has 1 N–H and O–H groups in total. The summed E-state index contributed by atoms with van der Waals surface area (Å²) in [6, 6.07) is 4.01. The van der Waals surface area contributed by atoms with Gasteiger partial charge in [-0.1, -0.05) is 20.8 Å². The summed E-state index contributed by atoms with van der Waals surface area (Å²) < 4.78 is 1.86. The minimum atomic E-state index is -0.0962. The van der Waals surface area contributed by atoms with Crippen LogP contribution < -0.4 is 10.2 Å². The average molecular weight is 352 g/mol. The van der Waals surface area contributed by atoms with Gasteiger partial charge in [0.2, 0.25) is 0 Å². The van der Waals surface area contributed by atoms with Gasteiger partial charge in [0.15, 0.2) is 11.5 Å². The highest BCUT2D eigenvalue weighted by Gasteiger charge is 2.29. The van der Waals surface area contributed by atoms with Gasteiger partial charge in [-0.05, 0) is 19.1 Å². The molecule has 0 saturated carbocycles. The highest BCUT2D eigenvalue weighted by atomic mass is 15.4. The van der Waals surface area contributed by atoms with Crippen LogP contribution in [0.25, 0.3) is 5.65 Å². The Balaban J connectivity index is 1.42. The normalized spacial score (nSPS) is 15.3. The molecule has 4 heterocycles. The molecule has 1 aliphatic heterocycles. The predicted molar refractivity (Wildman–Crippen MR) is 100 cm³/mol. The fourth-order valence-electron chi connectivity index (χ4n) is 3.12. The quantitative estimate of drug-likeness (QED) is 0.769. The van der Waals surface area contributed by atoms with E-state index in [4.69, 9.17) is 5.10 Å². The molecule has 3 aromatic rings. The van der Waals surface area contributed by atoms with Crippen LogP contribution in [0.2, 0.25) is 0 Å². The summed E-state index contributed by atoms with van der Waals surface area (Å²) in [5.74, 6) is 3.28. The maximum absolute atomic E-state index is 4.77. The first kappa shape index (κ1) is 16.7. The van der Waals surface area contributed by atoms with Gasteiger partial charge in [-0.2, -0.15) is 4.52 Å². The van der Waals surface area contributed by atoms with Gasteiger partial charge >= 0.3 is 0 Å². The Kier molecular flexibility index (Phi) is 3.97. The second-order valence-corrected chi connectivity index (χ2v) is 7.88. The predicted octanol–water partition coefficient (Wildman–Crippen LogP) is 2.07. The molecule has 1 aliphatic rings. The Morgan fingerprint density at radius 2 is 1.88 bits per heavy atom. The zero-order valence-corrected chi connectivity index (χ0v) is 15.6. The Morgan fingerprint density at radius 3 is 2.62 bits per heavy atom. The summed E-state index contributed by atoms with van der Waals surface area (Å²) in [4.78, 5) is 10.9. The van der Waals surface area contributed by atoms with E-state index in [1.54, 1.807) is 12.4 Å². The topological polar surface area (TPSA) is 84.1 Å². The molecule has 0 unspecified atom stereocenters. The van der Waals surface area contributed by atoms with Gasteiger partial charge < -0.3 is 10.2 Å². The molecule has 136 valence electrons. The van der Waals surface area contributed by atoms with Crippen molar-refractivity contribution < 1.29 is 0 Å². The molecule has 0 radical (unpaired) electrons. The van der Waals surface area contributed by atoms with Crippen molar-refractivity contribution in [2.45, 2.75) is 33.1 Å². The molecular formula is C18H24N8. The molecule has 1 fully saturated rings. The monoisotopic (exact) mass is 352 g/mol. The van der Waals surface area contributed by atoms with Gasteiger partial charge in [-0.25, -0.2) is 4.98 Å². The molecule has 0 atom stereocenters. The third-order valence-corrected chi connectivity index (χ3v) is 4.64. The van der Waals surface area contributed by atoms with Crippen molar-refractivity contribution in [2.24, 2.45) is 5.92 Å². The first-order valence-corrected chi connectivity index (χ1v) is 8.91. The lowest BCUT2D eigenvalue weighted by molar-refractivity contribution is 0.423. The molecule has 1 saturated heterocycles. The number of rotatable bonds is 4. The summed E-state index contributed by atoms with van der Waals surface area (Å²) in [6.45, 7) is 11.2. The molecule has 0 spiro atoms. The van der Waals surface area contributed by atoms with E-state index in [1.165, 1.54) is 0 Å². The highest BCUT2D eigenvalue weighted by molar-refractivity contribution is 5.48. The van der Waals surface area contributed by atoms with E-state index in [0.717, 1.165) is 48.4 Å². The zero-order valence-electron chi connectivity index (χ0n) is 15.6. The number of aromatic nitrogens is 6. The van der Waals surface area contributed by atoms with E-state index in [9.17, 15) is 0 Å². The number of fused-ring (bicyclic) bond motifs is 1. The first-order chi connectivity index (χ1) is 12.4. The van der Waals surface area contributed by atoms with Gasteiger partial charge in [0, 0.05) is 43.4 Å². The Hall–Kier alpha value is -2.77. The van der Waals surface area contributed by atoms with Crippen LogP contribution in [-0.2, 0) is 5.41 Å². The fraction of sp³-hybridized carbons (Fsp3) is 0.500. The summed E-state index contributed by atoms with van der Waals surface area (Å²) in [7, 11) is 0. The molecule has 26 heavy (non-hydrogen) atoms. The summed E-state index contributed by atoms with van der Waals surface area (Å²) in [5.41, 5.74) is 1.62. The maximum atomic E-state index is 4.77. The third-order valence-electron chi connectivity index (χ3n) is 4.64. The summed E-state index contributed by atoms with van der Waals surface area (Å²) in [5, 5.41) is 16.7. The Labute approximate surface area is 152 Å². The van der Waals surface area contributed by atoms with E-state index >= 15 is 0 Å². The number of anilines is 2. The smallest absolute Gasteiger partial charge is 0.178 e. The van der Waals surface area contributed by atoms with Crippen LogP contribution >= 0.6 is 0 Å². The van der Waals surface area contributed by atoms with Gasteiger partial charge in [0.05, 0.1) is 5.69 Å². The van der Waals surface area contributed by atoms with Crippen molar-refractivity contribution in [3.8, 4) is 0 Å². The van der Waals surface area contributed by atoms with Crippen LogP contribution in [0.3, 0.4) is 0 Å². The molecule has 4 rings (SSSR count). The third kappa shape index (κ3) is 3.07. The van der Waals surface area contributed by atoms with Crippen LogP contribution in [0.5, 0.6) is 0 Å². The zero-order chi connectivity index (χ0) is 18.3. The van der Waals surface area contributed by atoms with E-state index in [2.05, 4.69) is 51.2 Å². The minimum Gasteiger partial charge on any atom is -0.368 e. The Morgan fingerprint density at radius 1 is 1.12 bits per heavy atom. The van der Waals surface area contributed by atoms with E-state index < -0.39 is 0 Å². The van der Waals surface area contributed by atoms with Crippen molar-refractivity contribution in [2.75, 3.05) is 29.9 Å². The lowest BCUT2D eigenvalue weighted by Gasteiger charge is -2.40.